The molecule has 0 bridgehead atoms. The van der Waals surface area contributed by atoms with Crippen LogP contribution in [0.15, 0.2) is 60.8 Å². The van der Waals surface area contributed by atoms with E-state index in [9.17, 15) is 4.79 Å². The SMILES string of the molecule is COCC(=O)Nc1ccc(N2C(=S)N[C@@H](c3ccccn3)[C@@H]2c2ccc(C)s2)cc1. The van der Waals surface area contributed by atoms with Crippen LogP contribution < -0.4 is 15.5 Å². The molecule has 3 heterocycles. The first-order valence-corrected chi connectivity index (χ1v) is 10.7. The molecule has 154 valence electrons. The number of benzene rings is 1. The Balaban J connectivity index is 1.67. The summed E-state index contributed by atoms with van der Waals surface area (Å²) in [5.41, 5.74) is 2.61. The van der Waals surface area contributed by atoms with E-state index < -0.39 is 0 Å². The van der Waals surface area contributed by atoms with E-state index in [4.69, 9.17) is 17.0 Å². The van der Waals surface area contributed by atoms with Crippen molar-refractivity contribution in [2.75, 3.05) is 23.9 Å². The number of thiophene rings is 1. The third-order valence-electron chi connectivity index (χ3n) is 4.86. The highest BCUT2D eigenvalue weighted by Gasteiger charge is 2.41. The fraction of sp³-hybridized carbons (Fsp3) is 0.227. The normalized spacial score (nSPS) is 18.3. The number of ether oxygens (including phenoxy) is 1. The fourth-order valence-corrected chi connectivity index (χ4v) is 4.92. The predicted molar refractivity (Wildman–Crippen MR) is 124 cm³/mol. The molecule has 0 unspecified atom stereocenters. The van der Waals surface area contributed by atoms with Crippen LogP contribution in [0.1, 0.15) is 27.5 Å². The first kappa shape index (κ1) is 20.5. The Morgan fingerprint density at radius 1 is 1.23 bits per heavy atom. The topological polar surface area (TPSA) is 66.5 Å². The fourth-order valence-electron chi connectivity index (χ4n) is 3.57. The van der Waals surface area contributed by atoms with Crippen LogP contribution in [0.25, 0.3) is 0 Å². The Morgan fingerprint density at radius 2 is 2.03 bits per heavy atom. The number of carbonyl (C=O) groups excluding carboxylic acids is 1. The molecule has 2 aromatic heterocycles. The number of thiocarbonyl (C=S) groups is 1. The predicted octanol–water partition coefficient (Wildman–Crippen LogP) is 4.21. The largest absolute Gasteiger partial charge is 0.375 e. The van der Waals surface area contributed by atoms with Gasteiger partial charge in [0.1, 0.15) is 6.61 Å². The molecule has 1 amide bonds. The molecule has 3 aromatic rings. The highest BCUT2D eigenvalue weighted by Crippen LogP contribution is 2.43. The van der Waals surface area contributed by atoms with Gasteiger partial charge in [-0.15, -0.1) is 11.3 Å². The van der Waals surface area contributed by atoms with Gasteiger partial charge in [-0.1, -0.05) is 6.07 Å². The van der Waals surface area contributed by atoms with Crippen LogP contribution in [0, 0.1) is 6.92 Å². The molecule has 2 N–H and O–H groups in total. The van der Waals surface area contributed by atoms with Gasteiger partial charge in [0.05, 0.1) is 17.8 Å². The van der Waals surface area contributed by atoms with E-state index in [2.05, 4.69) is 39.6 Å². The number of nitrogens with zero attached hydrogens (tertiary/aromatic N) is 2. The standard InChI is InChI=1S/C22H22N4O2S2/c1-14-6-11-18(30-14)21-20(17-5-3-4-12-23-17)25-22(29)26(21)16-9-7-15(8-10-16)24-19(27)13-28-2/h3-12,20-21H,13H2,1-2H3,(H,24,27)(H,25,29)/t20-,21-/m0/s1. The van der Waals surface area contributed by atoms with E-state index in [0.717, 1.165) is 11.4 Å². The van der Waals surface area contributed by atoms with Gasteiger partial charge in [-0.3, -0.25) is 9.78 Å². The van der Waals surface area contributed by atoms with Gasteiger partial charge in [0.15, 0.2) is 5.11 Å². The molecule has 0 spiro atoms. The lowest BCUT2D eigenvalue weighted by Crippen LogP contribution is -2.29. The van der Waals surface area contributed by atoms with Gasteiger partial charge in [-0.2, -0.15) is 0 Å². The van der Waals surface area contributed by atoms with Crippen LogP contribution in [-0.4, -0.2) is 29.7 Å². The molecular weight excluding hydrogens is 416 g/mol. The van der Waals surface area contributed by atoms with Gasteiger partial charge < -0.3 is 20.3 Å². The molecule has 0 radical (unpaired) electrons. The minimum Gasteiger partial charge on any atom is -0.375 e. The van der Waals surface area contributed by atoms with E-state index in [0.29, 0.717) is 10.8 Å². The number of rotatable bonds is 6. The summed E-state index contributed by atoms with van der Waals surface area (Å²) in [6.07, 6.45) is 1.80. The molecule has 0 aliphatic carbocycles. The summed E-state index contributed by atoms with van der Waals surface area (Å²) in [5, 5.41) is 6.92. The second-order valence-electron chi connectivity index (χ2n) is 6.97. The molecule has 1 aromatic carbocycles. The first-order chi connectivity index (χ1) is 14.6. The van der Waals surface area contributed by atoms with Gasteiger partial charge in [-0.25, -0.2) is 0 Å². The summed E-state index contributed by atoms with van der Waals surface area (Å²) in [5.74, 6) is -0.189. The summed E-state index contributed by atoms with van der Waals surface area (Å²) in [6, 6.07) is 17.8. The lowest BCUT2D eigenvalue weighted by atomic mass is 10.0. The van der Waals surface area contributed by atoms with E-state index in [-0.39, 0.29) is 24.6 Å². The lowest BCUT2D eigenvalue weighted by molar-refractivity contribution is -0.119. The van der Waals surface area contributed by atoms with Crippen molar-refractivity contribution in [1.29, 1.82) is 0 Å². The Hall–Kier alpha value is -2.81. The molecule has 6 nitrogen and oxygen atoms in total. The zero-order valence-corrected chi connectivity index (χ0v) is 18.3. The minimum absolute atomic E-state index is 0.0139. The summed E-state index contributed by atoms with van der Waals surface area (Å²) in [4.78, 5) is 20.9. The zero-order chi connectivity index (χ0) is 21.1. The Bertz CT molecular complexity index is 1040. The van der Waals surface area contributed by atoms with Crippen molar-refractivity contribution in [2.45, 2.75) is 19.0 Å². The summed E-state index contributed by atoms with van der Waals surface area (Å²) in [7, 11) is 1.49. The van der Waals surface area contributed by atoms with Crippen molar-refractivity contribution >= 4 is 45.9 Å². The van der Waals surface area contributed by atoms with Gasteiger partial charge in [0, 0.05) is 34.4 Å². The zero-order valence-electron chi connectivity index (χ0n) is 16.7. The van der Waals surface area contributed by atoms with E-state index in [1.54, 1.807) is 17.5 Å². The number of pyridine rings is 1. The second-order valence-corrected chi connectivity index (χ2v) is 8.68. The molecule has 30 heavy (non-hydrogen) atoms. The third kappa shape index (κ3) is 4.21. The van der Waals surface area contributed by atoms with Crippen molar-refractivity contribution in [3.63, 3.8) is 0 Å². The van der Waals surface area contributed by atoms with E-state index in [1.807, 2.05) is 42.5 Å². The molecule has 2 atom stereocenters. The van der Waals surface area contributed by atoms with Crippen molar-refractivity contribution in [1.82, 2.24) is 10.3 Å². The van der Waals surface area contributed by atoms with Gasteiger partial charge in [0.25, 0.3) is 0 Å². The van der Waals surface area contributed by atoms with Gasteiger partial charge >= 0.3 is 0 Å². The average Bonchev–Trinajstić information content (AvgIpc) is 3.32. The average molecular weight is 439 g/mol. The van der Waals surface area contributed by atoms with Crippen LogP contribution in [-0.2, 0) is 9.53 Å². The van der Waals surface area contributed by atoms with Gasteiger partial charge in [0.2, 0.25) is 5.91 Å². The summed E-state index contributed by atoms with van der Waals surface area (Å²) < 4.78 is 4.86. The summed E-state index contributed by atoms with van der Waals surface area (Å²) in [6.45, 7) is 2.12. The molecule has 1 saturated heterocycles. The quantitative estimate of drug-likeness (QED) is 0.562. The van der Waals surface area contributed by atoms with Crippen LogP contribution in [0.2, 0.25) is 0 Å². The number of aryl methyl sites for hydroxylation is 1. The molecule has 1 aliphatic rings. The maximum atomic E-state index is 11.8. The van der Waals surface area contributed by atoms with Crippen molar-refractivity contribution in [3.8, 4) is 0 Å². The molecule has 0 saturated carbocycles. The van der Waals surface area contributed by atoms with E-state index >= 15 is 0 Å². The number of anilines is 2. The second kappa shape index (κ2) is 8.91. The third-order valence-corrected chi connectivity index (χ3v) is 6.24. The maximum absolute atomic E-state index is 11.8. The van der Waals surface area contributed by atoms with Crippen molar-refractivity contribution in [3.05, 3.63) is 76.2 Å². The lowest BCUT2D eigenvalue weighted by Gasteiger charge is -2.27. The van der Waals surface area contributed by atoms with Crippen LogP contribution in [0.5, 0.6) is 0 Å². The number of methoxy groups -OCH3 is 1. The van der Waals surface area contributed by atoms with Crippen LogP contribution in [0.3, 0.4) is 0 Å². The minimum atomic E-state index is -0.189. The molecule has 4 rings (SSSR count). The molecule has 8 heteroatoms. The van der Waals surface area contributed by atoms with Crippen molar-refractivity contribution in [2.24, 2.45) is 0 Å². The Morgan fingerprint density at radius 3 is 2.67 bits per heavy atom. The number of hydrogen-bond donors (Lipinski definition) is 2. The first-order valence-electron chi connectivity index (χ1n) is 9.52. The van der Waals surface area contributed by atoms with Crippen molar-refractivity contribution < 1.29 is 9.53 Å². The number of amides is 1. The highest BCUT2D eigenvalue weighted by atomic mass is 32.1. The molecule has 1 aliphatic heterocycles. The number of hydrogen-bond acceptors (Lipinski definition) is 5. The number of carbonyl (C=O) groups is 1. The molecular formula is C22H22N4O2S2. The number of aromatic nitrogens is 1. The summed E-state index contributed by atoms with van der Waals surface area (Å²) >= 11 is 7.49. The smallest absolute Gasteiger partial charge is 0.250 e. The van der Waals surface area contributed by atoms with Crippen LogP contribution >= 0.6 is 23.6 Å². The van der Waals surface area contributed by atoms with Gasteiger partial charge in [-0.05, 0) is 67.7 Å². The monoisotopic (exact) mass is 438 g/mol. The molecule has 1 fully saturated rings. The highest BCUT2D eigenvalue weighted by molar-refractivity contribution is 7.80. The van der Waals surface area contributed by atoms with E-state index in [1.165, 1.54) is 16.9 Å². The van der Waals surface area contributed by atoms with Crippen LogP contribution in [0.4, 0.5) is 11.4 Å². The maximum Gasteiger partial charge on any atom is 0.250 e. The Labute approximate surface area is 184 Å². The Kier molecular flexibility index (Phi) is 6.08. The number of nitrogens with one attached hydrogen (secondary N) is 2.